The summed E-state index contributed by atoms with van der Waals surface area (Å²) in [5.41, 5.74) is 0. The number of esters is 1. The first-order valence-electron chi connectivity index (χ1n) is 7.48. The second-order valence-electron chi connectivity index (χ2n) is 6.09. The molecular formula is C14H23F3N2O2. The van der Waals surface area contributed by atoms with Crippen LogP contribution in [0.4, 0.5) is 13.2 Å². The van der Waals surface area contributed by atoms with E-state index in [-0.39, 0.29) is 17.9 Å². The van der Waals surface area contributed by atoms with E-state index in [1.165, 1.54) is 7.11 Å². The number of methoxy groups -OCH3 is 1. The van der Waals surface area contributed by atoms with E-state index in [4.69, 9.17) is 0 Å². The van der Waals surface area contributed by atoms with Gasteiger partial charge in [-0.3, -0.25) is 9.69 Å². The number of nitrogens with one attached hydrogen (secondary N) is 1. The van der Waals surface area contributed by atoms with Crippen molar-refractivity contribution < 1.29 is 22.7 Å². The van der Waals surface area contributed by atoms with Crippen molar-refractivity contribution >= 4 is 5.97 Å². The predicted molar refractivity (Wildman–Crippen MR) is 71.8 cm³/mol. The zero-order valence-electron chi connectivity index (χ0n) is 12.3. The van der Waals surface area contributed by atoms with Crippen molar-refractivity contribution in [3.63, 3.8) is 0 Å². The molecule has 0 spiro atoms. The van der Waals surface area contributed by atoms with E-state index >= 15 is 0 Å². The van der Waals surface area contributed by atoms with Crippen LogP contribution in [0.1, 0.15) is 32.1 Å². The maximum Gasteiger partial charge on any atom is 0.401 e. The third kappa shape index (κ3) is 5.82. The summed E-state index contributed by atoms with van der Waals surface area (Å²) in [6.45, 7) is 0.612. The summed E-state index contributed by atoms with van der Waals surface area (Å²) in [5.74, 6) is 0.00234. The Bertz CT molecular complexity index is 359. The van der Waals surface area contributed by atoms with E-state index in [0.717, 1.165) is 19.4 Å². The van der Waals surface area contributed by atoms with Gasteiger partial charge in [-0.05, 0) is 31.6 Å². The first-order chi connectivity index (χ1) is 9.87. The lowest BCUT2D eigenvalue weighted by Gasteiger charge is -2.38. The summed E-state index contributed by atoms with van der Waals surface area (Å²) >= 11 is 0. The van der Waals surface area contributed by atoms with Gasteiger partial charge in [0.05, 0.1) is 13.7 Å². The number of likely N-dealkylation sites (tertiary alicyclic amines) is 1. The number of carbonyl (C=O) groups excluding carboxylic acids is 1. The van der Waals surface area contributed by atoms with E-state index < -0.39 is 12.7 Å². The first kappa shape index (κ1) is 16.5. The number of halogens is 3. The van der Waals surface area contributed by atoms with E-state index in [9.17, 15) is 18.0 Å². The van der Waals surface area contributed by atoms with Crippen molar-refractivity contribution in [1.82, 2.24) is 10.2 Å². The van der Waals surface area contributed by atoms with Crippen molar-refractivity contribution in [2.75, 3.05) is 26.7 Å². The molecule has 0 aromatic rings. The molecule has 1 saturated heterocycles. The smallest absolute Gasteiger partial charge is 0.401 e. The van der Waals surface area contributed by atoms with Gasteiger partial charge in [-0.2, -0.15) is 13.2 Å². The molecule has 0 bridgehead atoms. The van der Waals surface area contributed by atoms with Gasteiger partial charge in [0.25, 0.3) is 0 Å². The van der Waals surface area contributed by atoms with Crippen LogP contribution in [0, 0.1) is 5.92 Å². The highest BCUT2D eigenvalue weighted by Gasteiger charge is 2.37. The molecule has 1 aliphatic heterocycles. The monoisotopic (exact) mass is 308 g/mol. The van der Waals surface area contributed by atoms with Gasteiger partial charge in [0, 0.05) is 31.6 Å². The van der Waals surface area contributed by atoms with E-state index in [2.05, 4.69) is 15.0 Å². The Hall–Kier alpha value is -0.820. The minimum Gasteiger partial charge on any atom is -0.469 e. The zero-order chi connectivity index (χ0) is 15.5. The number of carbonyl (C=O) groups is 1. The Labute approximate surface area is 123 Å². The molecule has 0 radical (unpaired) electrons. The summed E-state index contributed by atoms with van der Waals surface area (Å²) in [4.78, 5) is 13.5. The molecule has 122 valence electrons. The van der Waals surface area contributed by atoms with E-state index in [1.54, 1.807) is 0 Å². The molecule has 4 nitrogen and oxygen atoms in total. The summed E-state index contributed by atoms with van der Waals surface area (Å²) in [7, 11) is 1.35. The lowest BCUT2D eigenvalue weighted by Crippen LogP contribution is -2.51. The van der Waals surface area contributed by atoms with Gasteiger partial charge in [0.15, 0.2) is 0 Å². The number of hydrogen-bond donors (Lipinski definition) is 1. The van der Waals surface area contributed by atoms with Crippen molar-refractivity contribution in [3.8, 4) is 0 Å². The number of rotatable bonds is 6. The van der Waals surface area contributed by atoms with Crippen LogP contribution >= 0.6 is 0 Å². The molecule has 2 unspecified atom stereocenters. The topological polar surface area (TPSA) is 41.6 Å². The third-order valence-electron chi connectivity index (χ3n) is 4.20. The summed E-state index contributed by atoms with van der Waals surface area (Å²) in [5, 5.41) is 2.62. The Kier molecular flexibility index (Phi) is 5.48. The average molecular weight is 308 g/mol. The highest BCUT2D eigenvalue weighted by Crippen LogP contribution is 2.32. The predicted octanol–water partition coefficient (Wildman–Crippen LogP) is 1.94. The molecule has 2 atom stereocenters. The SMILES string of the molecule is COC(=O)CCC1CC(NCC(F)(F)F)CN(C2CC2)C1. The molecular weight excluding hydrogens is 285 g/mol. The summed E-state index contributed by atoms with van der Waals surface area (Å²) < 4.78 is 41.6. The Balaban J connectivity index is 1.84. The van der Waals surface area contributed by atoms with Crippen LogP contribution in [0.25, 0.3) is 0 Å². The van der Waals surface area contributed by atoms with Crippen molar-refractivity contribution in [3.05, 3.63) is 0 Å². The molecule has 1 saturated carbocycles. The van der Waals surface area contributed by atoms with Gasteiger partial charge in [0.2, 0.25) is 0 Å². The third-order valence-corrected chi connectivity index (χ3v) is 4.20. The molecule has 0 amide bonds. The fourth-order valence-electron chi connectivity index (χ4n) is 3.02. The normalized spacial score (nSPS) is 27.6. The molecule has 0 aromatic heterocycles. The van der Waals surface area contributed by atoms with Crippen LogP contribution in [0.15, 0.2) is 0 Å². The maximum absolute atomic E-state index is 12.3. The Morgan fingerprint density at radius 1 is 1.33 bits per heavy atom. The lowest BCUT2D eigenvalue weighted by atomic mass is 9.90. The van der Waals surface area contributed by atoms with E-state index in [1.807, 2.05) is 0 Å². The largest absolute Gasteiger partial charge is 0.469 e. The fraction of sp³-hybridized carbons (Fsp3) is 0.929. The minimum absolute atomic E-state index is 0.149. The van der Waals surface area contributed by atoms with Gasteiger partial charge in [-0.15, -0.1) is 0 Å². The van der Waals surface area contributed by atoms with Crippen LogP contribution in [0.5, 0.6) is 0 Å². The van der Waals surface area contributed by atoms with Crippen LogP contribution in [-0.2, 0) is 9.53 Å². The molecule has 2 rings (SSSR count). The van der Waals surface area contributed by atoms with Crippen molar-refractivity contribution in [2.45, 2.75) is 50.4 Å². The highest BCUT2D eigenvalue weighted by atomic mass is 19.4. The molecule has 1 N–H and O–H groups in total. The molecule has 2 fully saturated rings. The van der Waals surface area contributed by atoms with Gasteiger partial charge in [0.1, 0.15) is 0 Å². The van der Waals surface area contributed by atoms with Crippen molar-refractivity contribution in [1.29, 1.82) is 0 Å². The zero-order valence-corrected chi connectivity index (χ0v) is 12.3. The second kappa shape index (κ2) is 6.96. The number of nitrogens with zero attached hydrogens (tertiary/aromatic N) is 1. The Morgan fingerprint density at radius 2 is 2.05 bits per heavy atom. The average Bonchev–Trinajstić information content (AvgIpc) is 3.26. The van der Waals surface area contributed by atoms with E-state index in [0.29, 0.717) is 31.8 Å². The van der Waals surface area contributed by atoms with Gasteiger partial charge in [-0.25, -0.2) is 0 Å². The van der Waals surface area contributed by atoms with Crippen LogP contribution < -0.4 is 5.32 Å². The fourth-order valence-corrected chi connectivity index (χ4v) is 3.02. The molecule has 2 aliphatic rings. The molecule has 7 heteroatoms. The molecule has 0 aromatic carbocycles. The molecule has 21 heavy (non-hydrogen) atoms. The first-order valence-corrected chi connectivity index (χ1v) is 7.48. The highest BCUT2D eigenvalue weighted by molar-refractivity contribution is 5.69. The summed E-state index contributed by atoms with van der Waals surface area (Å²) in [6.07, 6.45) is -0.198. The number of alkyl halides is 3. The standard InChI is InChI=1S/C14H23F3N2O2/c1-21-13(20)5-2-10-6-11(18-9-14(15,16)17)8-19(7-10)12-3-4-12/h10-12,18H,2-9H2,1H3. The minimum atomic E-state index is -4.18. The van der Waals surface area contributed by atoms with Crippen LogP contribution in [0.2, 0.25) is 0 Å². The van der Waals surface area contributed by atoms with Crippen molar-refractivity contribution in [2.24, 2.45) is 5.92 Å². The molecule has 1 heterocycles. The van der Waals surface area contributed by atoms with Gasteiger partial charge < -0.3 is 10.1 Å². The molecule has 1 aliphatic carbocycles. The lowest BCUT2D eigenvalue weighted by molar-refractivity contribution is -0.141. The second-order valence-corrected chi connectivity index (χ2v) is 6.09. The van der Waals surface area contributed by atoms with Gasteiger partial charge >= 0.3 is 12.1 Å². The number of hydrogen-bond acceptors (Lipinski definition) is 4. The quantitative estimate of drug-likeness (QED) is 0.762. The summed E-state index contributed by atoms with van der Waals surface area (Å²) in [6, 6.07) is 0.379. The van der Waals surface area contributed by atoms with Crippen LogP contribution in [-0.4, -0.2) is 55.9 Å². The number of ether oxygens (including phenoxy) is 1. The maximum atomic E-state index is 12.3. The Morgan fingerprint density at radius 3 is 2.62 bits per heavy atom. The van der Waals surface area contributed by atoms with Crippen LogP contribution in [0.3, 0.4) is 0 Å². The number of piperidine rings is 1. The van der Waals surface area contributed by atoms with Gasteiger partial charge in [-0.1, -0.05) is 0 Å².